The van der Waals surface area contributed by atoms with E-state index in [2.05, 4.69) is 6.92 Å². The minimum absolute atomic E-state index is 0.222. The molecule has 0 amide bonds. The predicted molar refractivity (Wildman–Crippen MR) is 62.9 cm³/mol. The first-order valence-corrected chi connectivity index (χ1v) is 6.25. The summed E-state index contributed by atoms with van der Waals surface area (Å²) in [5.74, 6) is -1.56. The van der Waals surface area contributed by atoms with Gasteiger partial charge in [0.05, 0.1) is 12.7 Å². The van der Waals surface area contributed by atoms with Crippen LogP contribution in [0.4, 0.5) is 0 Å². The second-order valence-electron chi connectivity index (χ2n) is 4.52. The topological polar surface area (TPSA) is 80.9 Å². The van der Waals surface area contributed by atoms with Crippen molar-refractivity contribution in [3.8, 4) is 0 Å². The molecule has 0 bridgehead atoms. The van der Waals surface area contributed by atoms with Crippen molar-refractivity contribution in [2.24, 2.45) is 0 Å². The highest BCUT2D eigenvalue weighted by Crippen LogP contribution is 2.19. The highest BCUT2D eigenvalue weighted by atomic mass is 16.5. The SMILES string of the molecule is CCCCCC(O)(O)CCCCC(O)CO. The molecule has 0 spiro atoms. The molecule has 0 radical (unpaired) electrons. The first-order valence-electron chi connectivity index (χ1n) is 6.25. The van der Waals surface area contributed by atoms with E-state index in [0.717, 1.165) is 19.3 Å². The van der Waals surface area contributed by atoms with Gasteiger partial charge in [-0.25, -0.2) is 0 Å². The molecule has 16 heavy (non-hydrogen) atoms. The van der Waals surface area contributed by atoms with Gasteiger partial charge in [-0.3, -0.25) is 0 Å². The van der Waals surface area contributed by atoms with E-state index in [1.165, 1.54) is 0 Å². The number of aliphatic hydroxyl groups excluding tert-OH is 2. The van der Waals surface area contributed by atoms with E-state index in [9.17, 15) is 10.2 Å². The molecule has 4 nitrogen and oxygen atoms in total. The third kappa shape index (κ3) is 9.09. The van der Waals surface area contributed by atoms with Crippen LogP contribution in [0.5, 0.6) is 0 Å². The Morgan fingerprint density at radius 2 is 1.56 bits per heavy atom. The van der Waals surface area contributed by atoms with E-state index >= 15 is 0 Å². The number of rotatable bonds is 10. The fourth-order valence-corrected chi connectivity index (χ4v) is 1.66. The summed E-state index contributed by atoms with van der Waals surface area (Å²) in [7, 11) is 0. The number of hydrogen-bond donors (Lipinski definition) is 4. The van der Waals surface area contributed by atoms with Crippen LogP contribution in [-0.2, 0) is 0 Å². The molecule has 0 fully saturated rings. The second-order valence-corrected chi connectivity index (χ2v) is 4.52. The molecule has 1 unspecified atom stereocenters. The summed E-state index contributed by atoms with van der Waals surface area (Å²) in [6.45, 7) is 1.85. The van der Waals surface area contributed by atoms with Crippen molar-refractivity contribution >= 4 is 0 Å². The van der Waals surface area contributed by atoms with Crippen LogP contribution in [0.2, 0.25) is 0 Å². The van der Waals surface area contributed by atoms with E-state index in [1.54, 1.807) is 0 Å². The molecule has 0 aliphatic carbocycles. The second kappa shape index (κ2) is 8.93. The lowest BCUT2D eigenvalue weighted by atomic mass is 10.0. The first kappa shape index (κ1) is 15.8. The minimum Gasteiger partial charge on any atom is -0.394 e. The summed E-state index contributed by atoms with van der Waals surface area (Å²) in [4.78, 5) is 0. The van der Waals surface area contributed by atoms with Gasteiger partial charge in [0.2, 0.25) is 0 Å². The van der Waals surface area contributed by atoms with Gasteiger partial charge in [-0.15, -0.1) is 0 Å². The van der Waals surface area contributed by atoms with Crippen molar-refractivity contribution in [1.29, 1.82) is 0 Å². The van der Waals surface area contributed by atoms with Crippen LogP contribution in [0, 0.1) is 0 Å². The molecule has 0 rings (SSSR count). The highest BCUT2D eigenvalue weighted by molar-refractivity contribution is 4.65. The minimum atomic E-state index is -1.56. The van der Waals surface area contributed by atoms with E-state index < -0.39 is 11.9 Å². The maximum Gasteiger partial charge on any atom is 0.162 e. The maximum atomic E-state index is 9.61. The van der Waals surface area contributed by atoms with Gasteiger partial charge in [0.15, 0.2) is 5.79 Å². The van der Waals surface area contributed by atoms with Crippen molar-refractivity contribution in [2.75, 3.05) is 6.61 Å². The molecule has 0 aromatic rings. The highest BCUT2D eigenvalue weighted by Gasteiger charge is 2.21. The Morgan fingerprint density at radius 3 is 2.06 bits per heavy atom. The number of hydrogen-bond acceptors (Lipinski definition) is 4. The van der Waals surface area contributed by atoms with E-state index in [-0.39, 0.29) is 6.61 Å². The monoisotopic (exact) mass is 234 g/mol. The van der Waals surface area contributed by atoms with Crippen molar-refractivity contribution < 1.29 is 20.4 Å². The number of aliphatic hydroxyl groups is 4. The normalized spacial score (nSPS) is 14.1. The van der Waals surface area contributed by atoms with Crippen LogP contribution in [0.25, 0.3) is 0 Å². The van der Waals surface area contributed by atoms with Gasteiger partial charge < -0.3 is 20.4 Å². The molecule has 0 aromatic heterocycles. The quantitative estimate of drug-likeness (QED) is 0.338. The van der Waals surface area contributed by atoms with Crippen LogP contribution >= 0.6 is 0 Å². The van der Waals surface area contributed by atoms with Gasteiger partial charge in [-0.1, -0.05) is 26.2 Å². The first-order chi connectivity index (χ1) is 7.52. The molecule has 0 saturated heterocycles. The van der Waals surface area contributed by atoms with Gasteiger partial charge in [-0.2, -0.15) is 0 Å². The largest absolute Gasteiger partial charge is 0.394 e. The van der Waals surface area contributed by atoms with Crippen molar-refractivity contribution in [2.45, 2.75) is 70.2 Å². The van der Waals surface area contributed by atoms with E-state index in [4.69, 9.17) is 10.2 Å². The van der Waals surface area contributed by atoms with Gasteiger partial charge in [0.25, 0.3) is 0 Å². The average molecular weight is 234 g/mol. The molecule has 98 valence electrons. The molecule has 0 saturated carbocycles. The van der Waals surface area contributed by atoms with Crippen molar-refractivity contribution in [1.82, 2.24) is 0 Å². The molecular weight excluding hydrogens is 208 g/mol. The van der Waals surface area contributed by atoms with E-state index in [1.807, 2.05) is 0 Å². The lowest BCUT2D eigenvalue weighted by Crippen LogP contribution is -2.27. The van der Waals surface area contributed by atoms with Gasteiger partial charge in [0, 0.05) is 12.8 Å². The third-order valence-corrected chi connectivity index (χ3v) is 2.76. The Morgan fingerprint density at radius 1 is 1.00 bits per heavy atom. The molecule has 4 N–H and O–H groups in total. The summed E-state index contributed by atoms with van der Waals surface area (Å²) < 4.78 is 0. The fraction of sp³-hybridized carbons (Fsp3) is 1.00. The average Bonchev–Trinajstić information content (AvgIpc) is 2.24. The Labute approximate surface area is 97.9 Å². The molecule has 1 atom stereocenters. The lowest BCUT2D eigenvalue weighted by Gasteiger charge is -2.21. The molecule has 0 aromatic carbocycles. The van der Waals surface area contributed by atoms with Crippen LogP contribution in [0.1, 0.15) is 58.3 Å². The van der Waals surface area contributed by atoms with Crippen molar-refractivity contribution in [3.63, 3.8) is 0 Å². The molecular formula is C12H26O4. The lowest BCUT2D eigenvalue weighted by molar-refractivity contribution is -0.172. The third-order valence-electron chi connectivity index (χ3n) is 2.76. The Bertz CT molecular complexity index is 159. The fourth-order valence-electron chi connectivity index (χ4n) is 1.66. The van der Waals surface area contributed by atoms with E-state index in [0.29, 0.717) is 32.1 Å². The molecule has 0 aliphatic rings. The van der Waals surface area contributed by atoms with Crippen LogP contribution in [0.15, 0.2) is 0 Å². The Balaban J connectivity index is 3.49. The van der Waals surface area contributed by atoms with Crippen LogP contribution in [0.3, 0.4) is 0 Å². The summed E-state index contributed by atoms with van der Waals surface area (Å²) >= 11 is 0. The van der Waals surface area contributed by atoms with Crippen LogP contribution < -0.4 is 0 Å². The summed E-state index contributed by atoms with van der Waals surface area (Å²) in [6.07, 6.45) is 4.90. The molecule has 0 heterocycles. The van der Waals surface area contributed by atoms with Gasteiger partial charge >= 0.3 is 0 Å². The maximum absolute atomic E-state index is 9.61. The zero-order valence-electron chi connectivity index (χ0n) is 10.2. The zero-order chi connectivity index (χ0) is 12.4. The summed E-state index contributed by atoms with van der Waals surface area (Å²) in [6, 6.07) is 0. The Kier molecular flexibility index (Phi) is 8.84. The zero-order valence-corrected chi connectivity index (χ0v) is 10.2. The molecule has 4 heteroatoms. The van der Waals surface area contributed by atoms with Gasteiger partial charge in [-0.05, 0) is 19.3 Å². The summed E-state index contributed by atoms with van der Waals surface area (Å²) in [5.41, 5.74) is 0. The molecule has 0 aliphatic heterocycles. The standard InChI is InChI=1S/C12H26O4/c1-2-3-5-8-12(15,16)9-6-4-7-11(14)10-13/h11,13-16H,2-10H2,1H3. The Hall–Kier alpha value is -0.160. The van der Waals surface area contributed by atoms with Crippen molar-refractivity contribution in [3.05, 3.63) is 0 Å². The predicted octanol–water partition coefficient (Wildman–Crippen LogP) is 1.16. The summed E-state index contributed by atoms with van der Waals surface area (Å²) in [5, 5.41) is 36.9. The van der Waals surface area contributed by atoms with Crippen LogP contribution in [-0.4, -0.2) is 38.9 Å². The smallest absolute Gasteiger partial charge is 0.162 e. The number of unbranched alkanes of at least 4 members (excludes halogenated alkanes) is 3. The van der Waals surface area contributed by atoms with Gasteiger partial charge in [0.1, 0.15) is 0 Å².